The van der Waals surface area contributed by atoms with Crippen molar-refractivity contribution >= 4 is 21.2 Å². The number of hydrogen-bond donors (Lipinski definition) is 1. The van der Waals surface area contributed by atoms with Crippen molar-refractivity contribution in [2.24, 2.45) is 0 Å². The van der Waals surface area contributed by atoms with Crippen LogP contribution in [0.3, 0.4) is 0 Å². The maximum absolute atomic E-state index is 11.9. The number of benzene rings is 2. The summed E-state index contributed by atoms with van der Waals surface area (Å²) in [4.78, 5) is 16.7. The molecule has 2 aromatic heterocycles. The van der Waals surface area contributed by atoms with E-state index >= 15 is 0 Å². The van der Waals surface area contributed by atoms with E-state index in [1.165, 1.54) is 12.3 Å². The van der Waals surface area contributed by atoms with Gasteiger partial charge in [0.05, 0.1) is 16.3 Å². The number of nitrogens with one attached hydrogen (secondary N) is 1. The molecule has 5 rings (SSSR count). The summed E-state index contributed by atoms with van der Waals surface area (Å²) >= 11 is 0. The Balaban J connectivity index is 1.68. The van der Waals surface area contributed by atoms with Crippen molar-refractivity contribution in [3.8, 4) is 16.8 Å². The van der Waals surface area contributed by atoms with Gasteiger partial charge in [0.15, 0.2) is 9.84 Å². The molecule has 0 saturated carbocycles. The van der Waals surface area contributed by atoms with E-state index in [0.717, 1.165) is 39.8 Å². The lowest BCUT2D eigenvalue weighted by molar-refractivity contribution is 0.602. The molecule has 32 heavy (non-hydrogen) atoms. The first-order chi connectivity index (χ1) is 15.3. The number of nitrogens with zero attached hydrogens (tertiary/aromatic N) is 4. The van der Waals surface area contributed by atoms with Crippen molar-refractivity contribution in [1.29, 1.82) is 0 Å². The third-order valence-electron chi connectivity index (χ3n) is 5.65. The number of aryl methyl sites for hydroxylation is 1. The molecular formula is C23H21N5O3S. The molecule has 0 unspecified atom stereocenters. The molecule has 3 heterocycles. The fourth-order valence-corrected chi connectivity index (χ4v) is 4.68. The number of hydrogen-bond acceptors (Lipinski definition) is 6. The van der Waals surface area contributed by atoms with E-state index in [4.69, 9.17) is 0 Å². The van der Waals surface area contributed by atoms with Crippen LogP contribution >= 0.6 is 0 Å². The van der Waals surface area contributed by atoms with Crippen LogP contribution in [-0.2, 0) is 16.3 Å². The van der Waals surface area contributed by atoms with Crippen LogP contribution in [0.2, 0.25) is 0 Å². The highest BCUT2D eigenvalue weighted by Crippen LogP contribution is 2.37. The molecule has 0 atom stereocenters. The van der Waals surface area contributed by atoms with Crippen LogP contribution in [0.5, 0.6) is 0 Å². The molecule has 1 aliphatic heterocycles. The molecule has 4 aromatic rings. The number of fused-ring (bicyclic) bond motifs is 3. The average molecular weight is 448 g/mol. The van der Waals surface area contributed by atoms with Gasteiger partial charge in [0.1, 0.15) is 11.6 Å². The number of H-pyrrole nitrogens is 1. The second-order valence-corrected chi connectivity index (χ2v) is 9.83. The molecule has 2 aromatic carbocycles. The normalized spacial score (nSPS) is 13.4. The highest BCUT2D eigenvalue weighted by molar-refractivity contribution is 7.90. The second kappa shape index (κ2) is 7.45. The quantitative estimate of drug-likeness (QED) is 0.518. The van der Waals surface area contributed by atoms with Crippen molar-refractivity contribution in [2.75, 3.05) is 17.7 Å². The largest absolute Gasteiger partial charge is 0.339 e. The van der Waals surface area contributed by atoms with Crippen molar-refractivity contribution in [3.63, 3.8) is 0 Å². The van der Waals surface area contributed by atoms with Gasteiger partial charge in [0, 0.05) is 37.2 Å². The van der Waals surface area contributed by atoms with Crippen molar-refractivity contribution in [3.05, 3.63) is 82.8 Å². The van der Waals surface area contributed by atoms with Crippen molar-refractivity contribution in [2.45, 2.75) is 18.2 Å². The zero-order valence-corrected chi connectivity index (χ0v) is 18.4. The van der Waals surface area contributed by atoms with E-state index in [-0.39, 0.29) is 10.5 Å². The molecule has 8 nitrogen and oxygen atoms in total. The Labute approximate surface area is 185 Å². The summed E-state index contributed by atoms with van der Waals surface area (Å²) < 4.78 is 25.8. The average Bonchev–Trinajstić information content (AvgIpc) is 3.05. The molecule has 1 N–H and O–H groups in total. The monoisotopic (exact) mass is 447 g/mol. The topological polar surface area (TPSA) is 101 Å². The van der Waals surface area contributed by atoms with Crippen LogP contribution in [0.4, 0.5) is 11.4 Å². The Morgan fingerprint density at radius 3 is 2.38 bits per heavy atom. The molecule has 0 amide bonds. The molecule has 9 heteroatoms. The fraction of sp³-hybridized carbons (Fsp3) is 0.174. The second-order valence-electron chi connectivity index (χ2n) is 7.81. The van der Waals surface area contributed by atoms with Crippen LogP contribution in [0.1, 0.15) is 11.6 Å². The zero-order chi connectivity index (χ0) is 22.5. The van der Waals surface area contributed by atoms with Crippen LogP contribution in [-0.4, -0.2) is 41.0 Å². The summed E-state index contributed by atoms with van der Waals surface area (Å²) in [5.74, 6) is 1.67. The van der Waals surface area contributed by atoms with E-state index in [2.05, 4.69) is 30.7 Å². The predicted octanol–water partition coefficient (Wildman–Crippen LogP) is 3.03. The number of aromatic nitrogens is 4. The van der Waals surface area contributed by atoms with Gasteiger partial charge in [-0.3, -0.25) is 9.36 Å². The minimum Gasteiger partial charge on any atom is -0.339 e. The number of anilines is 2. The first-order valence-electron chi connectivity index (χ1n) is 10.1. The lowest BCUT2D eigenvalue weighted by Crippen LogP contribution is -2.19. The van der Waals surface area contributed by atoms with Crippen molar-refractivity contribution < 1.29 is 8.42 Å². The molecule has 0 aliphatic carbocycles. The lowest BCUT2D eigenvalue weighted by atomic mass is 10.0. The number of rotatable bonds is 3. The predicted molar refractivity (Wildman–Crippen MR) is 122 cm³/mol. The summed E-state index contributed by atoms with van der Waals surface area (Å²) in [6, 6.07) is 16.3. The molecule has 0 saturated heterocycles. The summed E-state index contributed by atoms with van der Waals surface area (Å²) in [6.07, 6.45) is 3.58. The Morgan fingerprint density at radius 1 is 0.938 bits per heavy atom. The van der Waals surface area contributed by atoms with Crippen LogP contribution in [0.25, 0.3) is 16.8 Å². The molecule has 0 spiro atoms. The minimum atomic E-state index is -3.27. The number of pyridine rings is 1. The third kappa shape index (κ3) is 3.50. The van der Waals surface area contributed by atoms with Crippen LogP contribution < -0.4 is 10.5 Å². The highest BCUT2D eigenvalue weighted by atomic mass is 32.2. The van der Waals surface area contributed by atoms with Gasteiger partial charge in [-0.1, -0.05) is 6.07 Å². The maximum atomic E-state index is 11.9. The summed E-state index contributed by atoms with van der Waals surface area (Å²) in [6.45, 7) is 2.57. The van der Waals surface area contributed by atoms with Crippen LogP contribution in [0, 0.1) is 6.92 Å². The third-order valence-corrected chi connectivity index (χ3v) is 6.78. The van der Waals surface area contributed by atoms with Crippen LogP contribution in [0.15, 0.2) is 70.5 Å². The molecule has 0 fully saturated rings. The van der Waals surface area contributed by atoms with Gasteiger partial charge >= 0.3 is 0 Å². The molecular weight excluding hydrogens is 426 g/mol. The van der Waals surface area contributed by atoms with Gasteiger partial charge < -0.3 is 9.88 Å². The van der Waals surface area contributed by atoms with Gasteiger partial charge in [-0.05, 0) is 60.5 Å². The number of sulfone groups is 1. The number of aromatic amines is 1. The van der Waals surface area contributed by atoms with Gasteiger partial charge in [0.25, 0.3) is 0 Å². The SMILES string of the molecule is Cc1nnc2n1-c1ccc(-c3ccc(=O)[nH]c3)cc1N(c1ccc(S(C)(=O)=O)cc1)CC2. The first kappa shape index (κ1) is 20.2. The smallest absolute Gasteiger partial charge is 0.247 e. The minimum absolute atomic E-state index is 0.152. The van der Waals surface area contributed by atoms with E-state index in [0.29, 0.717) is 13.0 Å². The van der Waals surface area contributed by atoms with Crippen molar-refractivity contribution in [1.82, 2.24) is 19.7 Å². The molecule has 0 bridgehead atoms. The Kier molecular flexibility index (Phi) is 4.70. The standard InChI is InChI=1S/C23H21N5O3S/c1-15-25-26-22-11-12-27(18-5-7-19(8-6-18)32(2,30)31)21-13-16(3-9-20(21)28(15)22)17-4-10-23(29)24-14-17/h3-10,13-14H,11-12H2,1-2H3,(H,24,29). The summed E-state index contributed by atoms with van der Waals surface area (Å²) in [5, 5.41) is 8.60. The van der Waals surface area contributed by atoms with Gasteiger partial charge in [-0.25, -0.2) is 8.42 Å². The highest BCUT2D eigenvalue weighted by Gasteiger charge is 2.24. The maximum Gasteiger partial charge on any atom is 0.247 e. The van der Waals surface area contributed by atoms with E-state index in [1.54, 1.807) is 24.4 Å². The fourth-order valence-electron chi connectivity index (χ4n) is 4.05. The van der Waals surface area contributed by atoms with Gasteiger partial charge in [-0.15, -0.1) is 10.2 Å². The Bertz CT molecular complexity index is 1470. The Morgan fingerprint density at radius 2 is 1.69 bits per heavy atom. The lowest BCUT2D eigenvalue weighted by Gasteiger charge is -2.26. The summed E-state index contributed by atoms with van der Waals surface area (Å²) in [7, 11) is -3.27. The van der Waals surface area contributed by atoms with Gasteiger partial charge in [-0.2, -0.15) is 0 Å². The Hall–Kier alpha value is -3.72. The first-order valence-corrected chi connectivity index (χ1v) is 12.0. The van der Waals surface area contributed by atoms with E-state index < -0.39 is 9.84 Å². The van der Waals surface area contributed by atoms with E-state index in [1.807, 2.05) is 31.2 Å². The molecule has 0 radical (unpaired) electrons. The summed E-state index contributed by atoms with van der Waals surface area (Å²) in [5.41, 5.74) is 4.47. The zero-order valence-electron chi connectivity index (χ0n) is 17.6. The molecule has 1 aliphatic rings. The van der Waals surface area contributed by atoms with E-state index in [9.17, 15) is 13.2 Å². The van der Waals surface area contributed by atoms with Gasteiger partial charge in [0.2, 0.25) is 5.56 Å². The molecule has 162 valence electrons.